The second-order valence-electron chi connectivity index (χ2n) is 3.16. The summed E-state index contributed by atoms with van der Waals surface area (Å²) in [6.45, 7) is 4.14. The van der Waals surface area contributed by atoms with Gasteiger partial charge in [-0.25, -0.2) is 4.98 Å². The first-order valence-corrected chi connectivity index (χ1v) is 4.23. The van der Waals surface area contributed by atoms with Gasteiger partial charge in [0.15, 0.2) is 0 Å². The number of nitrogens with two attached hydrogens (primary N) is 1. The Morgan fingerprint density at radius 2 is 2.38 bits per heavy atom. The van der Waals surface area contributed by atoms with Crippen molar-refractivity contribution in [3.8, 4) is 0 Å². The standard InChI is InChI=1S/C9H15N3O/c1-6-3-9(11-4-7(2)13)12-5-8(6)10/h3,5,7,13H,4,10H2,1-2H3,(H,11,12). The Morgan fingerprint density at radius 1 is 1.69 bits per heavy atom. The molecule has 0 aliphatic heterocycles. The van der Waals surface area contributed by atoms with Crippen molar-refractivity contribution in [3.63, 3.8) is 0 Å². The van der Waals surface area contributed by atoms with Gasteiger partial charge in [-0.15, -0.1) is 0 Å². The molecule has 0 radical (unpaired) electrons. The van der Waals surface area contributed by atoms with Crippen LogP contribution in [0.4, 0.5) is 11.5 Å². The maximum absolute atomic E-state index is 9.02. The van der Waals surface area contributed by atoms with Crippen LogP contribution in [-0.2, 0) is 0 Å². The van der Waals surface area contributed by atoms with Gasteiger partial charge in [-0.1, -0.05) is 0 Å². The second-order valence-corrected chi connectivity index (χ2v) is 3.16. The van der Waals surface area contributed by atoms with E-state index in [1.165, 1.54) is 0 Å². The van der Waals surface area contributed by atoms with Gasteiger partial charge in [0.25, 0.3) is 0 Å². The van der Waals surface area contributed by atoms with Crippen LogP contribution in [0, 0.1) is 6.92 Å². The summed E-state index contributed by atoms with van der Waals surface area (Å²) in [6.07, 6.45) is 1.24. The van der Waals surface area contributed by atoms with Crippen molar-refractivity contribution in [3.05, 3.63) is 17.8 Å². The number of anilines is 2. The van der Waals surface area contributed by atoms with Gasteiger partial charge in [0.1, 0.15) is 5.82 Å². The number of aliphatic hydroxyl groups excluding tert-OH is 1. The van der Waals surface area contributed by atoms with Gasteiger partial charge in [-0.2, -0.15) is 0 Å². The van der Waals surface area contributed by atoms with Crippen LogP contribution >= 0.6 is 0 Å². The molecule has 4 nitrogen and oxygen atoms in total. The Bertz CT molecular complexity index is 286. The zero-order chi connectivity index (χ0) is 9.84. The Morgan fingerprint density at radius 3 is 2.92 bits per heavy atom. The molecule has 1 unspecified atom stereocenters. The lowest BCUT2D eigenvalue weighted by Crippen LogP contribution is -2.16. The highest BCUT2D eigenvalue weighted by atomic mass is 16.3. The minimum absolute atomic E-state index is 0.375. The highest BCUT2D eigenvalue weighted by Crippen LogP contribution is 2.12. The molecule has 0 amide bonds. The number of nitrogens with one attached hydrogen (secondary N) is 1. The van der Waals surface area contributed by atoms with E-state index in [1.807, 2.05) is 13.0 Å². The monoisotopic (exact) mass is 181 g/mol. The van der Waals surface area contributed by atoms with E-state index in [2.05, 4.69) is 10.3 Å². The van der Waals surface area contributed by atoms with E-state index in [4.69, 9.17) is 10.8 Å². The Hall–Kier alpha value is -1.29. The summed E-state index contributed by atoms with van der Waals surface area (Å²) in [5, 5.41) is 12.0. The number of aliphatic hydroxyl groups is 1. The molecule has 0 saturated carbocycles. The van der Waals surface area contributed by atoms with Crippen molar-refractivity contribution in [2.45, 2.75) is 20.0 Å². The number of hydrogen-bond donors (Lipinski definition) is 3. The van der Waals surface area contributed by atoms with Gasteiger partial charge in [0.05, 0.1) is 18.0 Å². The number of aryl methyl sites for hydroxylation is 1. The summed E-state index contributed by atoms with van der Waals surface area (Å²) in [6, 6.07) is 1.86. The quantitative estimate of drug-likeness (QED) is 0.644. The fourth-order valence-corrected chi connectivity index (χ4v) is 0.916. The molecule has 0 bridgehead atoms. The van der Waals surface area contributed by atoms with Crippen LogP contribution < -0.4 is 11.1 Å². The van der Waals surface area contributed by atoms with Crippen molar-refractivity contribution >= 4 is 11.5 Å². The van der Waals surface area contributed by atoms with Crippen LogP contribution in [0.15, 0.2) is 12.3 Å². The van der Waals surface area contributed by atoms with Crippen molar-refractivity contribution < 1.29 is 5.11 Å². The maximum atomic E-state index is 9.02. The molecule has 4 N–H and O–H groups in total. The van der Waals surface area contributed by atoms with Gasteiger partial charge < -0.3 is 16.2 Å². The topological polar surface area (TPSA) is 71.2 Å². The zero-order valence-electron chi connectivity index (χ0n) is 7.91. The van der Waals surface area contributed by atoms with E-state index in [1.54, 1.807) is 13.1 Å². The van der Waals surface area contributed by atoms with E-state index in [9.17, 15) is 0 Å². The van der Waals surface area contributed by atoms with Crippen molar-refractivity contribution in [2.75, 3.05) is 17.6 Å². The van der Waals surface area contributed by atoms with E-state index in [0.717, 1.165) is 11.4 Å². The third-order valence-corrected chi connectivity index (χ3v) is 1.73. The molecular formula is C9H15N3O. The first kappa shape index (κ1) is 9.80. The van der Waals surface area contributed by atoms with Gasteiger partial charge in [0, 0.05) is 6.54 Å². The van der Waals surface area contributed by atoms with Crippen LogP contribution in [0.5, 0.6) is 0 Å². The number of aromatic nitrogens is 1. The van der Waals surface area contributed by atoms with Crippen molar-refractivity contribution in [1.29, 1.82) is 0 Å². The van der Waals surface area contributed by atoms with Gasteiger partial charge in [-0.05, 0) is 25.5 Å². The number of pyridine rings is 1. The molecule has 1 aromatic rings. The summed E-state index contributed by atoms with van der Waals surface area (Å²) in [7, 11) is 0. The molecule has 0 aliphatic rings. The third kappa shape index (κ3) is 2.91. The lowest BCUT2D eigenvalue weighted by Gasteiger charge is -2.08. The Labute approximate surface area is 77.8 Å². The normalized spacial score (nSPS) is 12.5. The van der Waals surface area contributed by atoms with E-state index in [-0.39, 0.29) is 6.10 Å². The van der Waals surface area contributed by atoms with E-state index >= 15 is 0 Å². The molecule has 0 saturated heterocycles. The number of nitrogen functional groups attached to an aromatic ring is 1. The fraction of sp³-hybridized carbons (Fsp3) is 0.444. The van der Waals surface area contributed by atoms with Crippen LogP contribution in [0.25, 0.3) is 0 Å². The van der Waals surface area contributed by atoms with Crippen LogP contribution in [0.2, 0.25) is 0 Å². The first-order chi connectivity index (χ1) is 6.09. The molecular weight excluding hydrogens is 166 g/mol. The zero-order valence-corrected chi connectivity index (χ0v) is 7.91. The summed E-state index contributed by atoms with van der Waals surface area (Å²) in [4.78, 5) is 4.06. The highest BCUT2D eigenvalue weighted by Gasteiger charge is 1.99. The second kappa shape index (κ2) is 4.09. The Balaban J connectivity index is 2.63. The lowest BCUT2D eigenvalue weighted by atomic mass is 10.2. The molecule has 1 atom stereocenters. The van der Waals surface area contributed by atoms with Gasteiger partial charge >= 0.3 is 0 Å². The number of hydrogen-bond acceptors (Lipinski definition) is 4. The molecule has 1 rings (SSSR count). The molecule has 0 aliphatic carbocycles. The third-order valence-electron chi connectivity index (χ3n) is 1.73. The molecule has 0 fully saturated rings. The highest BCUT2D eigenvalue weighted by molar-refractivity contribution is 5.50. The van der Waals surface area contributed by atoms with Gasteiger partial charge in [-0.3, -0.25) is 0 Å². The fourth-order valence-electron chi connectivity index (χ4n) is 0.916. The molecule has 13 heavy (non-hydrogen) atoms. The smallest absolute Gasteiger partial charge is 0.126 e. The van der Waals surface area contributed by atoms with Crippen LogP contribution in [0.1, 0.15) is 12.5 Å². The minimum Gasteiger partial charge on any atom is -0.397 e. The van der Waals surface area contributed by atoms with Crippen molar-refractivity contribution in [1.82, 2.24) is 4.98 Å². The van der Waals surface area contributed by atoms with E-state index in [0.29, 0.717) is 12.2 Å². The van der Waals surface area contributed by atoms with Crippen molar-refractivity contribution in [2.24, 2.45) is 0 Å². The van der Waals surface area contributed by atoms with Crippen LogP contribution in [-0.4, -0.2) is 22.7 Å². The van der Waals surface area contributed by atoms with E-state index < -0.39 is 0 Å². The molecule has 0 spiro atoms. The minimum atomic E-state index is -0.375. The summed E-state index contributed by atoms with van der Waals surface area (Å²) in [5.74, 6) is 0.743. The SMILES string of the molecule is Cc1cc(NCC(C)O)ncc1N. The van der Waals surface area contributed by atoms with Crippen LogP contribution in [0.3, 0.4) is 0 Å². The molecule has 72 valence electrons. The summed E-state index contributed by atoms with van der Waals surface area (Å²) >= 11 is 0. The maximum Gasteiger partial charge on any atom is 0.126 e. The molecule has 4 heteroatoms. The molecule has 1 heterocycles. The molecule has 1 aromatic heterocycles. The summed E-state index contributed by atoms with van der Waals surface area (Å²) in [5.41, 5.74) is 7.28. The number of nitrogens with zero attached hydrogens (tertiary/aromatic N) is 1. The number of rotatable bonds is 3. The Kier molecular flexibility index (Phi) is 3.08. The average Bonchev–Trinajstić information content (AvgIpc) is 2.07. The summed E-state index contributed by atoms with van der Waals surface area (Å²) < 4.78 is 0. The predicted molar refractivity (Wildman–Crippen MR) is 53.6 cm³/mol. The predicted octanol–water partition coefficient (Wildman–Crippen LogP) is 0.765. The average molecular weight is 181 g/mol. The lowest BCUT2D eigenvalue weighted by molar-refractivity contribution is 0.208. The molecule has 0 aromatic carbocycles. The van der Waals surface area contributed by atoms with Gasteiger partial charge in [0.2, 0.25) is 0 Å². The first-order valence-electron chi connectivity index (χ1n) is 4.23. The largest absolute Gasteiger partial charge is 0.397 e.